The van der Waals surface area contributed by atoms with Gasteiger partial charge < -0.3 is 0 Å². The predicted molar refractivity (Wildman–Crippen MR) is 110 cm³/mol. The molecule has 0 saturated heterocycles. The van der Waals surface area contributed by atoms with Gasteiger partial charge in [0.05, 0.1) is 16.3 Å². The molecule has 0 unspecified atom stereocenters. The van der Waals surface area contributed by atoms with Gasteiger partial charge in [0.15, 0.2) is 0 Å². The van der Waals surface area contributed by atoms with E-state index < -0.39 is 10.0 Å². The highest BCUT2D eigenvalue weighted by molar-refractivity contribution is 14.1. The van der Waals surface area contributed by atoms with Gasteiger partial charge in [-0.25, -0.2) is 13.4 Å². The minimum absolute atomic E-state index is 0.158. The van der Waals surface area contributed by atoms with Crippen LogP contribution in [0.4, 0.5) is 5.69 Å². The van der Waals surface area contributed by atoms with Crippen molar-refractivity contribution < 1.29 is 13.2 Å². The zero-order valence-electron chi connectivity index (χ0n) is 13.8. The number of sulfonamides is 1. The van der Waals surface area contributed by atoms with Gasteiger partial charge in [-0.15, -0.1) is 0 Å². The number of carbonyl (C=O) groups is 1. The number of carbonyl (C=O) groups excluding carboxylic acids is 1. The monoisotopic (exact) mass is 478 g/mol. The Hall–Kier alpha value is -2.26. The number of allylic oxidation sites excluding steroid dienone is 3. The lowest BCUT2D eigenvalue weighted by molar-refractivity contribution is -0.108. The number of ketones is 1. The maximum atomic E-state index is 12.5. The number of benzene rings is 2. The number of nitrogens with one attached hydrogen (secondary N) is 1. The summed E-state index contributed by atoms with van der Waals surface area (Å²) in [6, 6.07) is 13.9. The number of aliphatic imine (C=N–C) groups is 1. The van der Waals surface area contributed by atoms with E-state index in [2.05, 4.69) is 32.3 Å². The molecule has 1 aliphatic rings. The summed E-state index contributed by atoms with van der Waals surface area (Å²) in [5.41, 5.74) is 2.06. The first-order chi connectivity index (χ1) is 12.3. The Bertz CT molecular complexity index is 1040. The Morgan fingerprint density at radius 3 is 2.27 bits per heavy atom. The van der Waals surface area contributed by atoms with Gasteiger partial charge >= 0.3 is 0 Å². The van der Waals surface area contributed by atoms with Crippen molar-refractivity contribution in [3.05, 3.63) is 81.6 Å². The summed E-state index contributed by atoms with van der Waals surface area (Å²) in [4.78, 5) is 16.5. The molecule has 1 aliphatic carbocycles. The summed E-state index contributed by atoms with van der Waals surface area (Å²) >= 11 is 2.18. The second-order valence-corrected chi connectivity index (χ2v) is 8.62. The van der Waals surface area contributed by atoms with Crippen LogP contribution in [0.1, 0.15) is 5.56 Å². The number of halogens is 1. The first kappa shape index (κ1) is 18.5. The van der Waals surface area contributed by atoms with Gasteiger partial charge in [-0.05, 0) is 84.1 Å². The van der Waals surface area contributed by atoms with Crippen molar-refractivity contribution in [1.29, 1.82) is 0 Å². The van der Waals surface area contributed by atoms with E-state index in [4.69, 9.17) is 0 Å². The van der Waals surface area contributed by atoms with Crippen LogP contribution in [0.15, 0.2) is 82.3 Å². The largest absolute Gasteiger partial charge is 0.288 e. The Balaban J connectivity index is 1.87. The molecule has 0 atom stereocenters. The highest BCUT2D eigenvalue weighted by Crippen LogP contribution is 2.17. The minimum Gasteiger partial charge on any atom is -0.288 e. The third-order valence-corrected chi connectivity index (χ3v) is 5.73. The van der Waals surface area contributed by atoms with Crippen LogP contribution in [0.2, 0.25) is 0 Å². The van der Waals surface area contributed by atoms with Gasteiger partial charge in [-0.3, -0.25) is 9.52 Å². The van der Waals surface area contributed by atoms with E-state index in [-0.39, 0.29) is 22.1 Å². The van der Waals surface area contributed by atoms with E-state index in [9.17, 15) is 13.2 Å². The Labute approximate surface area is 165 Å². The number of nitrogens with zero attached hydrogens (tertiary/aromatic N) is 1. The third-order valence-electron chi connectivity index (χ3n) is 3.62. The van der Waals surface area contributed by atoms with Gasteiger partial charge in [0.2, 0.25) is 5.78 Å². The molecule has 3 rings (SSSR count). The van der Waals surface area contributed by atoms with E-state index in [1.54, 1.807) is 24.3 Å². The van der Waals surface area contributed by atoms with Crippen LogP contribution in [0.25, 0.3) is 0 Å². The fourth-order valence-electron chi connectivity index (χ4n) is 2.25. The summed E-state index contributed by atoms with van der Waals surface area (Å²) in [6.45, 7) is 1.88. The first-order valence-electron chi connectivity index (χ1n) is 7.71. The summed E-state index contributed by atoms with van der Waals surface area (Å²) in [5, 5.41) is 0. The molecule has 0 spiro atoms. The van der Waals surface area contributed by atoms with Crippen molar-refractivity contribution in [2.45, 2.75) is 11.8 Å². The van der Waals surface area contributed by atoms with Gasteiger partial charge in [-0.1, -0.05) is 17.7 Å². The molecule has 0 amide bonds. The molecule has 0 saturated carbocycles. The topological polar surface area (TPSA) is 75.6 Å². The summed E-state index contributed by atoms with van der Waals surface area (Å²) in [5.74, 6) is -0.276. The third kappa shape index (κ3) is 4.47. The second kappa shape index (κ2) is 7.55. The molecule has 0 fully saturated rings. The smallest absolute Gasteiger partial charge is 0.261 e. The summed E-state index contributed by atoms with van der Waals surface area (Å²) < 4.78 is 28.5. The van der Waals surface area contributed by atoms with Crippen molar-refractivity contribution in [2.24, 2.45) is 4.99 Å². The maximum absolute atomic E-state index is 12.5. The Morgan fingerprint density at radius 2 is 1.62 bits per heavy atom. The standard InChI is InChI=1S/C19H15IN2O3S/c1-13-2-9-17(10-3-13)26(24,25)22-16-8-11-19(23)18(12-16)21-15-6-4-14(20)5-7-15/h2-12,22H,1H3. The highest BCUT2D eigenvalue weighted by atomic mass is 127. The summed E-state index contributed by atoms with van der Waals surface area (Å²) in [6.07, 6.45) is 4.17. The maximum Gasteiger partial charge on any atom is 0.261 e. The van der Waals surface area contributed by atoms with Crippen LogP contribution in [0, 0.1) is 10.5 Å². The predicted octanol–water partition coefficient (Wildman–Crippen LogP) is 3.67. The zero-order chi connectivity index (χ0) is 18.7. The van der Waals surface area contributed by atoms with E-state index in [0.29, 0.717) is 5.69 Å². The van der Waals surface area contributed by atoms with Gasteiger partial charge in [0.1, 0.15) is 5.71 Å². The van der Waals surface area contributed by atoms with Crippen molar-refractivity contribution in [3.8, 4) is 0 Å². The molecule has 5 nitrogen and oxygen atoms in total. The molecule has 1 N–H and O–H groups in total. The number of rotatable bonds is 4. The molecule has 0 heterocycles. The lowest BCUT2D eigenvalue weighted by atomic mass is 10.1. The van der Waals surface area contributed by atoms with Crippen molar-refractivity contribution in [3.63, 3.8) is 0 Å². The highest BCUT2D eigenvalue weighted by Gasteiger charge is 2.18. The van der Waals surface area contributed by atoms with Crippen LogP contribution in [0.5, 0.6) is 0 Å². The SMILES string of the molecule is Cc1ccc(S(=O)(=O)NC2=CC(=Nc3ccc(I)cc3)C(=O)C=C2)cc1. The Kier molecular flexibility index (Phi) is 5.38. The molecule has 7 heteroatoms. The van der Waals surface area contributed by atoms with Crippen molar-refractivity contribution >= 4 is 49.8 Å². The van der Waals surface area contributed by atoms with Gasteiger partial charge in [-0.2, -0.15) is 0 Å². The second-order valence-electron chi connectivity index (χ2n) is 5.69. The lowest BCUT2D eigenvalue weighted by Crippen LogP contribution is -2.25. The van der Waals surface area contributed by atoms with Crippen LogP contribution >= 0.6 is 22.6 Å². The summed E-state index contributed by atoms with van der Waals surface area (Å²) in [7, 11) is -3.73. The van der Waals surface area contributed by atoms with Gasteiger partial charge in [0, 0.05) is 3.57 Å². The average Bonchev–Trinajstić information content (AvgIpc) is 2.60. The molecule has 0 aliphatic heterocycles. The quantitative estimate of drug-likeness (QED) is 0.539. The molecule has 0 bridgehead atoms. The van der Waals surface area contributed by atoms with E-state index in [0.717, 1.165) is 9.13 Å². The number of aryl methyl sites for hydroxylation is 1. The number of hydrogen-bond donors (Lipinski definition) is 1. The molecule has 0 radical (unpaired) electrons. The average molecular weight is 478 g/mol. The molecule has 2 aromatic carbocycles. The fourth-order valence-corrected chi connectivity index (χ4v) is 3.66. The Morgan fingerprint density at radius 1 is 0.962 bits per heavy atom. The lowest BCUT2D eigenvalue weighted by Gasteiger charge is -2.12. The van der Waals surface area contributed by atoms with E-state index in [1.165, 1.54) is 30.4 Å². The fraction of sp³-hybridized carbons (Fsp3) is 0.0526. The van der Waals surface area contributed by atoms with Crippen LogP contribution in [0.3, 0.4) is 0 Å². The molecule has 2 aromatic rings. The molecule has 26 heavy (non-hydrogen) atoms. The van der Waals surface area contributed by atoms with Crippen molar-refractivity contribution in [1.82, 2.24) is 4.72 Å². The van der Waals surface area contributed by atoms with Crippen LogP contribution in [-0.2, 0) is 14.8 Å². The molecular weight excluding hydrogens is 463 g/mol. The van der Waals surface area contributed by atoms with Gasteiger partial charge in [0.25, 0.3) is 10.0 Å². The first-order valence-corrected chi connectivity index (χ1v) is 10.3. The minimum atomic E-state index is -3.73. The normalized spacial score (nSPS) is 15.8. The van der Waals surface area contributed by atoms with E-state index in [1.807, 2.05) is 19.1 Å². The molecular formula is C19H15IN2O3S. The zero-order valence-corrected chi connectivity index (χ0v) is 16.8. The number of hydrogen-bond acceptors (Lipinski definition) is 4. The van der Waals surface area contributed by atoms with Crippen LogP contribution in [-0.4, -0.2) is 19.9 Å². The van der Waals surface area contributed by atoms with Crippen molar-refractivity contribution in [2.75, 3.05) is 0 Å². The van der Waals surface area contributed by atoms with E-state index >= 15 is 0 Å². The molecule has 0 aromatic heterocycles. The van der Waals surface area contributed by atoms with Crippen LogP contribution < -0.4 is 4.72 Å². The molecule has 132 valence electrons.